The van der Waals surface area contributed by atoms with Gasteiger partial charge in [-0.05, 0) is 49.7 Å². The van der Waals surface area contributed by atoms with Crippen LogP contribution in [0.15, 0.2) is 53.7 Å². The molecule has 1 amide bonds. The van der Waals surface area contributed by atoms with Crippen LogP contribution in [-0.4, -0.2) is 32.6 Å². The largest absolute Gasteiger partial charge is 0.485 e. The van der Waals surface area contributed by atoms with Gasteiger partial charge < -0.3 is 10.1 Å². The highest BCUT2D eigenvalue weighted by atomic mass is 32.2. The number of aromatic amines is 1. The van der Waals surface area contributed by atoms with E-state index < -0.39 is 0 Å². The Morgan fingerprint density at radius 2 is 1.89 bits per heavy atom. The molecule has 2 aromatic carbocycles. The van der Waals surface area contributed by atoms with Crippen LogP contribution in [0.3, 0.4) is 0 Å². The molecule has 3 rings (SSSR count). The third-order valence-electron chi connectivity index (χ3n) is 3.88. The number of thioether (sulfide) groups is 1. The molecule has 0 unspecified atom stereocenters. The number of aryl methyl sites for hydroxylation is 1. The van der Waals surface area contributed by atoms with Gasteiger partial charge >= 0.3 is 0 Å². The van der Waals surface area contributed by atoms with Gasteiger partial charge in [-0.1, -0.05) is 30.0 Å². The van der Waals surface area contributed by atoms with Gasteiger partial charge in [-0.2, -0.15) is 0 Å². The second-order valence-electron chi connectivity index (χ2n) is 6.09. The third-order valence-corrected chi connectivity index (χ3v) is 4.72. The fourth-order valence-electron chi connectivity index (χ4n) is 2.39. The molecule has 28 heavy (non-hydrogen) atoms. The quantitative estimate of drug-likeness (QED) is 0.446. The third kappa shape index (κ3) is 5.43. The molecule has 1 heterocycles. The van der Waals surface area contributed by atoms with E-state index in [2.05, 4.69) is 20.5 Å². The average Bonchev–Trinajstić information content (AvgIpc) is 3.14. The summed E-state index contributed by atoms with van der Waals surface area (Å²) in [7, 11) is 0. The Bertz CT molecular complexity index is 970. The van der Waals surface area contributed by atoms with E-state index in [0.29, 0.717) is 22.2 Å². The number of aromatic nitrogens is 3. The number of ketones is 1. The molecule has 0 saturated heterocycles. The number of amides is 1. The Morgan fingerprint density at radius 3 is 2.61 bits per heavy atom. The number of anilines is 1. The highest BCUT2D eigenvalue weighted by molar-refractivity contribution is 7.99. The number of H-pyrrole nitrogens is 1. The molecule has 7 nitrogen and oxygen atoms in total. The molecule has 0 radical (unpaired) electrons. The number of Topliss-reactive ketones (excluding diaryl/α,β-unsaturated/α-hetero) is 1. The van der Waals surface area contributed by atoms with Gasteiger partial charge in [0.1, 0.15) is 12.4 Å². The summed E-state index contributed by atoms with van der Waals surface area (Å²) in [6.07, 6.45) is 0. The molecular formula is C20H20N4O3S. The van der Waals surface area contributed by atoms with Crippen LogP contribution in [0.25, 0.3) is 0 Å². The maximum atomic E-state index is 12.1. The normalized spacial score (nSPS) is 10.5. The SMILES string of the molecule is CC(=O)c1ccc(NC(=O)CSc2n[nH]c(COc3ccccc3C)n2)cc1. The van der Waals surface area contributed by atoms with Crippen molar-refractivity contribution in [1.29, 1.82) is 0 Å². The standard InChI is InChI=1S/C20H20N4O3S/c1-13-5-3-4-6-17(13)27-11-18-22-20(24-23-18)28-12-19(26)21-16-9-7-15(8-10-16)14(2)25/h3-10H,11-12H2,1-2H3,(H,21,26)(H,22,23,24). The lowest BCUT2D eigenvalue weighted by molar-refractivity contribution is -0.113. The number of hydrogen-bond donors (Lipinski definition) is 2. The van der Waals surface area contributed by atoms with E-state index in [1.165, 1.54) is 18.7 Å². The van der Waals surface area contributed by atoms with Crippen LogP contribution < -0.4 is 10.1 Å². The van der Waals surface area contributed by atoms with Gasteiger partial charge in [-0.15, -0.1) is 5.10 Å². The van der Waals surface area contributed by atoms with Crippen molar-refractivity contribution in [2.24, 2.45) is 0 Å². The van der Waals surface area contributed by atoms with Crippen LogP contribution in [0.4, 0.5) is 5.69 Å². The van der Waals surface area contributed by atoms with Crippen molar-refractivity contribution >= 4 is 29.1 Å². The van der Waals surface area contributed by atoms with Crippen LogP contribution in [0, 0.1) is 6.92 Å². The Balaban J connectivity index is 1.46. The molecule has 0 aliphatic rings. The van der Waals surface area contributed by atoms with Gasteiger partial charge in [-0.3, -0.25) is 14.7 Å². The summed E-state index contributed by atoms with van der Waals surface area (Å²) in [4.78, 5) is 27.7. The van der Waals surface area contributed by atoms with Crippen LogP contribution in [0.2, 0.25) is 0 Å². The Morgan fingerprint density at radius 1 is 1.14 bits per heavy atom. The van der Waals surface area contributed by atoms with E-state index in [9.17, 15) is 9.59 Å². The zero-order valence-electron chi connectivity index (χ0n) is 15.6. The fraction of sp³-hybridized carbons (Fsp3) is 0.200. The first-order valence-corrected chi connectivity index (χ1v) is 9.63. The minimum Gasteiger partial charge on any atom is -0.485 e. The van der Waals surface area contributed by atoms with Crippen molar-refractivity contribution in [3.63, 3.8) is 0 Å². The first-order chi connectivity index (χ1) is 13.5. The van der Waals surface area contributed by atoms with Gasteiger partial charge in [0, 0.05) is 11.3 Å². The van der Waals surface area contributed by atoms with E-state index in [-0.39, 0.29) is 24.1 Å². The predicted octanol–water partition coefficient (Wildman–Crippen LogP) is 3.63. The molecule has 2 N–H and O–H groups in total. The highest BCUT2D eigenvalue weighted by Crippen LogP contribution is 2.18. The van der Waals surface area contributed by atoms with Crippen molar-refractivity contribution in [2.75, 3.05) is 11.1 Å². The molecule has 8 heteroatoms. The minimum atomic E-state index is -0.178. The molecule has 3 aromatic rings. The molecule has 1 aromatic heterocycles. The number of ether oxygens (including phenoxy) is 1. The topological polar surface area (TPSA) is 97.0 Å². The summed E-state index contributed by atoms with van der Waals surface area (Å²) < 4.78 is 5.72. The maximum Gasteiger partial charge on any atom is 0.234 e. The maximum absolute atomic E-state index is 12.1. The van der Waals surface area contributed by atoms with E-state index in [1.54, 1.807) is 24.3 Å². The molecule has 144 valence electrons. The lowest BCUT2D eigenvalue weighted by Gasteiger charge is -2.06. The van der Waals surface area contributed by atoms with Gasteiger partial charge in [0.05, 0.1) is 5.75 Å². The van der Waals surface area contributed by atoms with Crippen LogP contribution in [0.1, 0.15) is 28.7 Å². The van der Waals surface area contributed by atoms with E-state index in [0.717, 1.165) is 11.3 Å². The lowest BCUT2D eigenvalue weighted by atomic mass is 10.1. The Kier molecular flexibility index (Phi) is 6.44. The van der Waals surface area contributed by atoms with Crippen molar-refractivity contribution in [1.82, 2.24) is 15.2 Å². The van der Waals surface area contributed by atoms with E-state index >= 15 is 0 Å². The summed E-state index contributed by atoms with van der Waals surface area (Å²) in [6.45, 7) is 3.75. The zero-order valence-corrected chi connectivity index (χ0v) is 16.4. The number of benzene rings is 2. The zero-order chi connectivity index (χ0) is 19.9. The van der Waals surface area contributed by atoms with Crippen molar-refractivity contribution < 1.29 is 14.3 Å². The van der Waals surface area contributed by atoms with E-state index in [4.69, 9.17) is 4.74 Å². The first kappa shape index (κ1) is 19.6. The van der Waals surface area contributed by atoms with Gasteiger partial charge in [0.25, 0.3) is 0 Å². The van der Waals surface area contributed by atoms with Crippen molar-refractivity contribution in [3.8, 4) is 5.75 Å². The van der Waals surface area contributed by atoms with Crippen molar-refractivity contribution in [3.05, 3.63) is 65.5 Å². The first-order valence-electron chi connectivity index (χ1n) is 8.64. The monoisotopic (exact) mass is 396 g/mol. The van der Waals surface area contributed by atoms with Crippen LogP contribution in [-0.2, 0) is 11.4 Å². The molecular weight excluding hydrogens is 376 g/mol. The number of rotatable bonds is 8. The number of nitrogens with one attached hydrogen (secondary N) is 2. The number of nitrogens with zero attached hydrogens (tertiary/aromatic N) is 2. The van der Waals surface area contributed by atoms with Crippen LogP contribution >= 0.6 is 11.8 Å². The molecule has 0 spiro atoms. The van der Waals surface area contributed by atoms with E-state index in [1.807, 2.05) is 31.2 Å². The summed E-state index contributed by atoms with van der Waals surface area (Å²) in [5.74, 6) is 1.36. The number of carbonyl (C=O) groups excluding carboxylic acids is 2. The molecule has 0 atom stereocenters. The number of hydrogen-bond acceptors (Lipinski definition) is 6. The number of para-hydroxylation sites is 1. The highest BCUT2D eigenvalue weighted by Gasteiger charge is 2.09. The minimum absolute atomic E-state index is 0.0137. The Labute approximate surface area is 166 Å². The molecule has 0 fully saturated rings. The van der Waals surface area contributed by atoms with Crippen LogP contribution in [0.5, 0.6) is 5.75 Å². The lowest BCUT2D eigenvalue weighted by Crippen LogP contribution is -2.14. The number of carbonyl (C=O) groups is 2. The average molecular weight is 396 g/mol. The fourth-order valence-corrected chi connectivity index (χ4v) is 3.00. The Hall–Kier alpha value is -3.13. The summed E-state index contributed by atoms with van der Waals surface area (Å²) in [6, 6.07) is 14.5. The van der Waals surface area contributed by atoms with Gasteiger partial charge in [-0.25, -0.2) is 4.98 Å². The predicted molar refractivity (Wildman–Crippen MR) is 108 cm³/mol. The summed E-state index contributed by atoms with van der Waals surface area (Å²) >= 11 is 1.23. The summed E-state index contributed by atoms with van der Waals surface area (Å²) in [5.41, 5.74) is 2.29. The van der Waals surface area contributed by atoms with Crippen molar-refractivity contribution in [2.45, 2.75) is 25.6 Å². The smallest absolute Gasteiger partial charge is 0.234 e. The van der Waals surface area contributed by atoms with Gasteiger partial charge in [0.15, 0.2) is 11.6 Å². The summed E-state index contributed by atoms with van der Waals surface area (Å²) in [5, 5.41) is 10.2. The van der Waals surface area contributed by atoms with Gasteiger partial charge in [0.2, 0.25) is 11.1 Å². The second kappa shape index (κ2) is 9.18. The molecule has 0 bridgehead atoms. The molecule has 0 saturated carbocycles. The second-order valence-corrected chi connectivity index (χ2v) is 7.03. The molecule has 0 aliphatic heterocycles. The molecule has 0 aliphatic carbocycles.